The highest BCUT2D eigenvalue weighted by molar-refractivity contribution is 5.76. The lowest BCUT2D eigenvalue weighted by Crippen LogP contribution is -2.35. The number of ether oxygens (including phenoxy) is 1. The predicted octanol–water partition coefficient (Wildman–Crippen LogP) is 0.853. The topological polar surface area (TPSA) is 53.6 Å². The summed E-state index contributed by atoms with van der Waals surface area (Å²) >= 11 is 0. The van der Waals surface area contributed by atoms with Crippen LogP contribution in [0, 0.1) is 0 Å². The first-order valence-corrected chi connectivity index (χ1v) is 6.66. The molecule has 1 aliphatic rings. The summed E-state index contributed by atoms with van der Waals surface area (Å²) in [7, 11) is 1.67. The molecule has 0 spiro atoms. The summed E-state index contributed by atoms with van der Waals surface area (Å²) in [5, 5.41) is 6.15. The molecule has 0 aromatic heterocycles. The number of hydrogen-bond acceptors (Lipinski definition) is 3. The van der Waals surface area contributed by atoms with Crippen molar-refractivity contribution < 1.29 is 9.53 Å². The van der Waals surface area contributed by atoms with Gasteiger partial charge in [0, 0.05) is 26.2 Å². The standard InChI is InChI=1S/C14H21N3O2/c1-19-13-4-2-12(3-5-13)6-7-15-8-10-17-11-9-16-14(17)18/h2-5,15H,6-11H2,1H3,(H,16,18). The fourth-order valence-electron chi connectivity index (χ4n) is 2.09. The van der Waals surface area contributed by atoms with E-state index in [4.69, 9.17) is 4.74 Å². The summed E-state index contributed by atoms with van der Waals surface area (Å²) < 4.78 is 5.12. The average molecular weight is 263 g/mol. The molecular weight excluding hydrogens is 242 g/mol. The quantitative estimate of drug-likeness (QED) is 0.717. The van der Waals surface area contributed by atoms with Crippen molar-refractivity contribution in [3.63, 3.8) is 0 Å². The van der Waals surface area contributed by atoms with Crippen LogP contribution in [0.25, 0.3) is 0 Å². The van der Waals surface area contributed by atoms with Crippen molar-refractivity contribution in [3.05, 3.63) is 29.8 Å². The second kappa shape index (κ2) is 6.99. The van der Waals surface area contributed by atoms with E-state index in [1.165, 1.54) is 5.56 Å². The van der Waals surface area contributed by atoms with Crippen LogP contribution < -0.4 is 15.4 Å². The van der Waals surface area contributed by atoms with Crippen LogP contribution in [0.2, 0.25) is 0 Å². The monoisotopic (exact) mass is 263 g/mol. The highest BCUT2D eigenvalue weighted by Gasteiger charge is 2.17. The highest BCUT2D eigenvalue weighted by Crippen LogP contribution is 2.11. The average Bonchev–Trinajstić information content (AvgIpc) is 2.85. The molecule has 0 saturated carbocycles. The molecule has 1 aromatic rings. The summed E-state index contributed by atoms with van der Waals surface area (Å²) in [4.78, 5) is 13.1. The zero-order chi connectivity index (χ0) is 13.5. The van der Waals surface area contributed by atoms with E-state index in [-0.39, 0.29) is 6.03 Å². The molecule has 5 heteroatoms. The van der Waals surface area contributed by atoms with Gasteiger partial charge in [0.05, 0.1) is 7.11 Å². The zero-order valence-electron chi connectivity index (χ0n) is 11.3. The Bertz CT molecular complexity index is 406. The molecule has 104 valence electrons. The molecule has 2 N–H and O–H groups in total. The second-order valence-corrected chi connectivity index (χ2v) is 4.57. The number of hydrogen-bond donors (Lipinski definition) is 2. The highest BCUT2D eigenvalue weighted by atomic mass is 16.5. The largest absolute Gasteiger partial charge is 0.497 e. The summed E-state index contributed by atoms with van der Waals surface area (Å²) in [6.45, 7) is 4.11. The van der Waals surface area contributed by atoms with Gasteiger partial charge in [-0.15, -0.1) is 0 Å². The van der Waals surface area contributed by atoms with Crippen LogP contribution in [0.3, 0.4) is 0 Å². The number of nitrogens with one attached hydrogen (secondary N) is 2. The Labute approximate surface area is 113 Å². The van der Waals surface area contributed by atoms with Gasteiger partial charge in [-0.3, -0.25) is 0 Å². The minimum Gasteiger partial charge on any atom is -0.497 e. The number of carbonyl (C=O) groups is 1. The molecule has 1 saturated heterocycles. The minimum absolute atomic E-state index is 0.0527. The first-order chi connectivity index (χ1) is 9.29. The molecule has 1 fully saturated rings. The van der Waals surface area contributed by atoms with Crippen molar-refractivity contribution in [1.29, 1.82) is 0 Å². The van der Waals surface area contributed by atoms with Crippen LogP contribution in [0.15, 0.2) is 24.3 Å². The normalized spacial score (nSPS) is 14.6. The fraction of sp³-hybridized carbons (Fsp3) is 0.500. The lowest BCUT2D eigenvalue weighted by Gasteiger charge is -2.14. The third-order valence-electron chi connectivity index (χ3n) is 3.25. The van der Waals surface area contributed by atoms with Gasteiger partial charge in [0.15, 0.2) is 0 Å². The van der Waals surface area contributed by atoms with Gasteiger partial charge in [-0.1, -0.05) is 12.1 Å². The van der Waals surface area contributed by atoms with Gasteiger partial charge in [-0.25, -0.2) is 4.79 Å². The third kappa shape index (κ3) is 4.13. The minimum atomic E-state index is 0.0527. The number of methoxy groups -OCH3 is 1. The lowest BCUT2D eigenvalue weighted by atomic mass is 10.1. The Morgan fingerprint density at radius 3 is 2.74 bits per heavy atom. The molecule has 2 rings (SSSR count). The van der Waals surface area contributed by atoms with E-state index >= 15 is 0 Å². The van der Waals surface area contributed by atoms with Gasteiger partial charge >= 0.3 is 6.03 Å². The zero-order valence-corrected chi connectivity index (χ0v) is 11.3. The van der Waals surface area contributed by atoms with Crippen molar-refractivity contribution in [3.8, 4) is 5.75 Å². The molecule has 0 bridgehead atoms. The SMILES string of the molecule is COc1ccc(CCNCCN2CCNC2=O)cc1. The molecule has 1 aliphatic heterocycles. The summed E-state index contributed by atoms with van der Waals surface area (Å²) in [5.74, 6) is 0.886. The number of amides is 2. The predicted molar refractivity (Wildman–Crippen MR) is 74.5 cm³/mol. The Hall–Kier alpha value is -1.75. The Balaban J connectivity index is 1.59. The van der Waals surface area contributed by atoms with Gasteiger partial charge in [0.25, 0.3) is 0 Å². The molecule has 0 radical (unpaired) electrons. The molecule has 19 heavy (non-hydrogen) atoms. The van der Waals surface area contributed by atoms with E-state index in [0.29, 0.717) is 0 Å². The van der Waals surface area contributed by atoms with Crippen LogP contribution in [-0.2, 0) is 6.42 Å². The molecule has 0 atom stereocenters. The number of rotatable bonds is 7. The van der Waals surface area contributed by atoms with Crippen molar-refractivity contribution in [2.75, 3.05) is 39.8 Å². The lowest BCUT2D eigenvalue weighted by molar-refractivity contribution is 0.217. The number of urea groups is 1. The van der Waals surface area contributed by atoms with Crippen LogP contribution >= 0.6 is 0 Å². The van der Waals surface area contributed by atoms with Crippen LogP contribution in [-0.4, -0.2) is 50.8 Å². The van der Waals surface area contributed by atoms with Crippen LogP contribution in [0.4, 0.5) is 4.79 Å². The molecule has 2 amide bonds. The Morgan fingerprint density at radius 1 is 1.32 bits per heavy atom. The van der Waals surface area contributed by atoms with Crippen LogP contribution in [0.1, 0.15) is 5.56 Å². The smallest absolute Gasteiger partial charge is 0.317 e. The number of benzene rings is 1. The van der Waals surface area contributed by atoms with Gasteiger partial charge in [0.2, 0.25) is 0 Å². The van der Waals surface area contributed by atoms with E-state index in [0.717, 1.165) is 44.9 Å². The Kier molecular flexibility index (Phi) is 5.03. The maximum Gasteiger partial charge on any atom is 0.317 e. The molecular formula is C14H21N3O2. The number of nitrogens with zero attached hydrogens (tertiary/aromatic N) is 1. The molecule has 0 aliphatic carbocycles. The van der Waals surface area contributed by atoms with E-state index in [9.17, 15) is 4.79 Å². The molecule has 0 unspecified atom stereocenters. The van der Waals surface area contributed by atoms with E-state index in [2.05, 4.69) is 22.8 Å². The first kappa shape index (κ1) is 13.7. The van der Waals surface area contributed by atoms with E-state index < -0.39 is 0 Å². The fourth-order valence-corrected chi connectivity index (χ4v) is 2.09. The van der Waals surface area contributed by atoms with Gasteiger partial charge < -0.3 is 20.3 Å². The van der Waals surface area contributed by atoms with Crippen molar-refractivity contribution in [2.45, 2.75) is 6.42 Å². The summed E-state index contributed by atoms with van der Waals surface area (Å²) in [6.07, 6.45) is 0.982. The van der Waals surface area contributed by atoms with Gasteiger partial charge in [-0.2, -0.15) is 0 Å². The van der Waals surface area contributed by atoms with Crippen molar-refractivity contribution in [1.82, 2.24) is 15.5 Å². The van der Waals surface area contributed by atoms with E-state index in [1.54, 1.807) is 7.11 Å². The Morgan fingerprint density at radius 2 is 2.11 bits per heavy atom. The van der Waals surface area contributed by atoms with Crippen LogP contribution in [0.5, 0.6) is 5.75 Å². The number of carbonyl (C=O) groups excluding carboxylic acids is 1. The van der Waals surface area contributed by atoms with Gasteiger partial charge in [-0.05, 0) is 30.7 Å². The first-order valence-electron chi connectivity index (χ1n) is 6.66. The van der Waals surface area contributed by atoms with Crippen molar-refractivity contribution in [2.24, 2.45) is 0 Å². The third-order valence-corrected chi connectivity index (χ3v) is 3.25. The van der Waals surface area contributed by atoms with Gasteiger partial charge in [0.1, 0.15) is 5.75 Å². The van der Waals surface area contributed by atoms with E-state index in [1.807, 2.05) is 17.0 Å². The summed E-state index contributed by atoms with van der Waals surface area (Å²) in [6, 6.07) is 8.16. The molecule has 1 heterocycles. The summed E-state index contributed by atoms with van der Waals surface area (Å²) in [5.41, 5.74) is 1.28. The second-order valence-electron chi connectivity index (χ2n) is 4.57. The maximum absolute atomic E-state index is 11.3. The maximum atomic E-state index is 11.3. The molecule has 1 aromatic carbocycles. The molecule has 5 nitrogen and oxygen atoms in total. The van der Waals surface area contributed by atoms with Crippen molar-refractivity contribution >= 4 is 6.03 Å².